The van der Waals surface area contributed by atoms with Crippen molar-refractivity contribution in [3.8, 4) is 0 Å². The molecule has 1 fully saturated rings. The summed E-state index contributed by atoms with van der Waals surface area (Å²) in [4.78, 5) is 42.1. The Kier molecular flexibility index (Phi) is 7.73. The summed E-state index contributed by atoms with van der Waals surface area (Å²) < 4.78 is 37.8. The standard InChI is InChI=1S/C20H21F3N4O2S.C7H4O/c1-19(2)17(16(29)11-28)26(12-27(19)18(24)13-7-9-25-10-8-13)14-3-5-15(6-4-14)30-20(21,22)23;8-7-5-2-1-3-6(7)4-5/h3-11,17-18H,12,24H2,1-2H3;1-4H. The fourth-order valence-corrected chi connectivity index (χ4v) is 5.22. The van der Waals surface area contributed by atoms with Gasteiger partial charge in [-0.3, -0.25) is 24.3 Å². The molecule has 1 saturated heterocycles. The molecular weight excluding hydrogens is 517 g/mol. The summed E-state index contributed by atoms with van der Waals surface area (Å²) in [6.45, 7) is 3.84. The number of alkyl halides is 3. The van der Waals surface area contributed by atoms with Crippen molar-refractivity contribution in [1.82, 2.24) is 9.88 Å². The van der Waals surface area contributed by atoms with Crippen LogP contribution in [0.25, 0.3) is 0 Å². The molecule has 2 aliphatic carbocycles. The summed E-state index contributed by atoms with van der Waals surface area (Å²) in [5, 5.41) is 0. The molecule has 0 amide bonds. The van der Waals surface area contributed by atoms with Crippen LogP contribution in [0.1, 0.15) is 41.5 Å². The van der Waals surface area contributed by atoms with Gasteiger partial charge < -0.3 is 10.6 Å². The molecule has 1 aliphatic heterocycles. The molecule has 3 aromatic rings. The van der Waals surface area contributed by atoms with Crippen LogP contribution in [0.15, 0.2) is 78.0 Å². The molecule has 198 valence electrons. The average Bonchev–Trinajstić information content (AvgIpc) is 3.18. The molecule has 7 nitrogen and oxygen atoms in total. The highest BCUT2D eigenvalue weighted by atomic mass is 32.2. The lowest BCUT2D eigenvalue weighted by Gasteiger charge is -2.37. The Morgan fingerprint density at radius 2 is 1.71 bits per heavy atom. The number of ketones is 2. The fraction of sp³-hybridized carbons (Fsp3) is 0.259. The molecule has 0 radical (unpaired) electrons. The second-order valence-corrected chi connectivity index (χ2v) is 10.5. The fourth-order valence-electron chi connectivity index (χ4n) is 4.68. The first kappa shape index (κ1) is 27.5. The summed E-state index contributed by atoms with van der Waals surface area (Å²) in [6.07, 6.45) is 2.92. The number of fused-ring (bicyclic) bond motifs is 2. The second-order valence-electron chi connectivity index (χ2n) is 9.33. The Balaban J connectivity index is 0.000000353. The first-order valence-corrected chi connectivity index (χ1v) is 12.4. The quantitative estimate of drug-likeness (QED) is 0.215. The number of carbonyl (C=O) groups excluding carboxylic acids is 3. The lowest BCUT2D eigenvalue weighted by molar-refractivity contribution is -0.131. The van der Waals surface area contributed by atoms with E-state index in [2.05, 4.69) is 4.98 Å². The molecule has 38 heavy (non-hydrogen) atoms. The summed E-state index contributed by atoms with van der Waals surface area (Å²) in [6, 6.07) is 15.8. The monoisotopic (exact) mass is 542 g/mol. The minimum Gasteiger partial charge on any atom is -0.346 e. The summed E-state index contributed by atoms with van der Waals surface area (Å²) in [7, 11) is 0. The van der Waals surface area contributed by atoms with Crippen LogP contribution in [0, 0.1) is 0 Å². The molecule has 2 bridgehead atoms. The van der Waals surface area contributed by atoms with Crippen molar-refractivity contribution in [3.63, 3.8) is 0 Å². The van der Waals surface area contributed by atoms with Gasteiger partial charge in [-0.05, 0) is 73.6 Å². The number of hydrogen-bond donors (Lipinski definition) is 1. The Labute approximate surface area is 221 Å². The predicted octanol–water partition coefficient (Wildman–Crippen LogP) is 4.58. The van der Waals surface area contributed by atoms with E-state index in [9.17, 15) is 27.6 Å². The molecule has 0 saturated carbocycles. The number of aldehydes is 1. The number of halogens is 3. The van der Waals surface area contributed by atoms with Crippen molar-refractivity contribution in [1.29, 1.82) is 0 Å². The number of Topliss-reactive ketones (excluding diaryl/α,β-unsaturated/α-hetero) is 1. The summed E-state index contributed by atoms with van der Waals surface area (Å²) in [5.41, 5.74) is 4.26. The van der Waals surface area contributed by atoms with Gasteiger partial charge in [-0.1, -0.05) is 18.2 Å². The van der Waals surface area contributed by atoms with E-state index in [4.69, 9.17) is 5.73 Å². The van der Waals surface area contributed by atoms with E-state index in [1.54, 1.807) is 29.4 Å². The van der Waals surface area contributed by atoms with Crippen molar-refractivity contribution in [2.24, 2.45) is 5.73 Å². The lowest BCUT2D eigenvalue weighted by Crippen LogP contribution is -2.53. The van der Waals surface area contributed by atoms with E-state index >= 15 is 0 Å². The number of nitrogens with two attached hydrogens (primary N) is 1. The Morgan fingerprint density at radius 3 is 2.18 bits per heavy atom. The molecule has 2 aromatic carbocycles. The van der Waals surface area contributed by atoms with Gasteiger partial charge in [-0.15, -0.1) is 0 Å². The third kappa shape index (κ3) is 5.64. The number of hydrogen-bond acceptors (Lipinski definition) is 8. The maximum atomic E-state index is 12.6. The number of rotatable bonds is 6. The average molecular weight is 543 g/mol. The number of nitrogens with zero attached hydrogens (tertiary/aromatic N) is 3. The van der Waals surface area contributed by atoms with Crippen LogP contribution in [0.4, 0.5) is 18.9 Å². The molecule has 1 aromatic heterocycles. The van der Waals surface area contributed by atoms with Gasteiger partial charge in [0.05, 0.1) is 12.8 Å². The van der Waals surface area contributed by atoms with Crippen LogP contribution in [0.3, 0.4) is 0 Å². The number of aromatic nitrogens is 1. The van der Waals surface area contributed by atoms with Gasteiger partial charge >= 0.3 is 5.51 Å². The molecule has 2 N–H and O–H groups in total. The number of thioether (sulfide) groups is 1. The topological polar surface area (TPSA) is 96.6 Å². The van der Waals surface area contributed by atoms with Crippen LogP contribution >= 0.6 is 11.8 Å². The molecule has 11 heteroatoms. The summed E-state index contributed by atoms with van der Waals surface area (Å²) in [5.74, 6) is -0.425. The molecule has 2 unspecified atom stereocenters. The van der Waals surface area contributed by atoms with Crippen LogP contribution in [0.5, 0.6) is 0 Å². The predicted molar refractivity (Wildman–Crippen MR) is 138 cm³/mol. The first-order chi connectivity index (χ1) is 17.9. The van der Waals surface area contributed by atoms with Crippen molar-refractivity contribution in [2.45, 2.75) is 42.0 Å². The van der Waals surface area contributed by atoms with Crippen LogP contribution in [0.2, 0.25) is 0 Å². The molecule has 3 aliphatic rings. The highest BCUT2D eigenvalue weighted by molar-refractivity contribution is 8.00. The number of anilines is 1. The SMILES string of the molecule is CC1(C)C(C(=O)C=O)N(c2ccc(SC(F)(F)F)cc2)CN1C(N)c1ccncc1.O=C1c2cccc1c2. The van der Waals surface area contributed by atoms with E-state index < -0.39 is 29.0 Å². The first-order valence-electron chi connectivity index (χ1n) is 11.6. The zero-order valence-electron chi connectivity index (χ0n) is 20.6. The zero-order valence-corrected chi connectivity index (χ0v) is 21.4. The number of benzene rings is 2. The highest BCUT2D eigenvalue weighted by Gasteiger charge is 2.51. The number of pyridine rings is 1. The van der Waals surface area contributed by atoms with Crippen molar-refractivity contribution in [3.05, 3.63) is 89.7 Å². The Bertz CT molecular complexity index is 1300. The van der Waals surface area contributed by atoms with Gasteiger partial charge in [0.15, 0.2) is 12.1 Å². The van der Waals surface area contributed by atoms with Gasteiger partial charge in [0.25, 0.3) is 0 Å². The van der Waals surface area contributed by atoms with Crippen LogP contribution in [-0.4, -0.2) is 51.5 Å². The smallest absolute Gasteiger partial charge is 0.346 e. The largest absolute Gasteiger partial charge is 0.446 e. The Hall–Kier alpha value is -3.54. The van der Waals surface area contributed by atoms with Crippen LogP contribution in [-0.2, 0) is 9.59 Å². The maximum Gasteiger partial charge on any atom is 0.446 e. The number of carbonyl (C=O) groups is 3. The maximum absolute atomic E-state index is 12.6. The van der Waals surface area contributed by atoms with E-state index in [0.29, 0.717) is 5.69 Å². The van der Waals surface area contributed by atoms with Gasteiger partial charge in [-0.2, -0.15) is 13.2 Å². The van der Waals surface area contributed by atoms with Crippen molar-refractivity contribution < 1.29 is 27.6 Å². The summed E-state index contributed by atoms with van der Waals surface area (Å²) >= 11 is -0.212. The molecule has 0 spiro atoms. The highest BCUT2D eigenvalue weighted by Crippen LogP contribution is 2.41. The van der Waals surface area contributed by atoms with Gasteiger partial charge in [0.1, 0.15) is 6.04 Å². The van der Waals surface area contributed by atoms with E-state index in [1.165, 1.54) is 24.3 Å². The second kappa shape index (κ2) is 10.7. The molecule has 6 rings (SSSR count). The lowest BCUT2D eigenvalue weighted by atomic mass is 9.90. The Morgan fingerprint density at radius 1 is 1.11 bits per heavy atom. The van der Waals surface area contributed by atoms with Gasteiger partial charge in [0, 0.05) is 39.6 Å². The zero-order chi connectivity index (χ0) is 27.7. The van der Waals surface area contributed by atoms with Crippen LogP contribution < -0.4 is 10.6 Å². The molecule has 2 atom stereocenters. The normalized spacial score (nSPS) is 18.7. The van der Waals surface area contributed by atoms with E-state index in [-0.39, 0.29) is 35.4 Å². The van der Waals surface area contributed by atoms with Gasteiger partial charge in [-0.25, -0.2) is 0 Å². The third-order valence-electron chi connectivity index (χ3n) is 6.58. The third-order valence-corrected chi connectivity index (χ3v) is 7.32. The van der Waals surface area contributed by atoms with Crippen molar-refractivity contribution >= 4 is 35.3 Å². The minimum atomic E-state index is -4.39. The van der Waals surface area contributed by atoms with Gasteiger partial charge in [0.2, 0.25) is 5.78 Å². The van der Waals surface area contributed by atoms with E-state index in [1.807, 2.05) is 43.0 Å². The minimum absolute atomic E-state index is 0.0355. The van der Waals surface area contributed by atoms with E-state index in [0.717, 1.165) is 16.7 Å². The molecular formula is C27H25F3N4O3S. The molecule has 2 heterocycles. The van der Waals surface area contributed by atoms with Crippen molar-refractivity contribution in [2.75, 3.05) is 11.6 Å².